The molecule has 0 aromatic carbocycles. The number of amides is 1. The number of nitrogens with one attached hydrogen (secondary N) is 2. The van der Waals surface area contributed by atoms with Crippen LogP contribution in [-0.2, 0) is 21.9 Å². The van der Waals surface area contributed by atoms with Gasteiger partial charge in [-0.1, -0.05) is 6.42 Å². The molecule has 1 amide bonds. The molecule has 1 aromatic heterocycles. The standard InChI is InChI=1S/C14H23N3O4S/c1-11(18)7-5-4-6-8-16-22(20,21)12-9-13(14(19)15-2)17(3)10-12/h9-10,16H,4-8H2,1-3H3,(H,15,19). The van der Waals surface area contributed by atoms with Crippen LogP contribution in [-0.4, -0.2) is 38.3 Å². The Labute approximate surface area is 131 Å². The van der Waals surface area contributed by atoms with Gasteiger partial charge in [-0.3, -0.25) is 4.79 Å². The summed E-state index contributed by atoms with van der Waals surface area (Å²) in [5.41, 5.74) is 0.282. The van der Waals surface area contributed by atoms with Crippen molar-refractivity contribution in [3.05, 3.63) is 18.0 Å². The monoisotopic (exact) mass is 329 g/mol. The lowest BCUT2D eigenvalue weighted by Gasteiger charge is -2.04. The van der Waals surface area contributed by atoms with Gasteiger partial charge in [0.2, 0.25) is 10.0 Å². The minimum absolute atomic E-state index is 0.0670. The molecule has 2 N–H and O–H groups in total. The fraction of sp³-hybridized carbons (Fsp3) is 0.571. The molecule has 0 fully saturated rings. The lowest BCUT2D eigenvalue weighted by Crippen LogP contribution is -2.24. The molecule has 0 saturated carbocycles. The van der Waals surface area contributed by atoms with Gasteiger partial charge >= 0.3 is 0 Å². The molecule has 1 rings (SSSR count). The number of ketones is 1. The summed E-state index contributed by atoms with van der Waals surface area (Å²) in [4.78, 5) is 22.4. The van der Waals surface area contributed by atoms with Crippen molar-refractivity contribution in [3.8, 4) is 0 Å². The Balaban J connectivity index is 2.56. The number of aromatic nitrogens is 1. The highest BCUT2D eigenvalue weighted by atomic mass is 32.2. The average molecular weight is 329 g/mol. The van der Waals surface area contributed by atoms with Crippen LogP contribution in [0.25, 0.3) is 0 Å². The van der Waals surface area contributed by atoms with E-state index >= 15 is 0 Å². The number of hydrogen-bond acceptors (Lipinski definition) is 4. The van der Waals surface area contributed by atoms with Crippen molar-refractivity contribution in [2.75, 3.05) is 13.6 Å². The first kappa shape index (κ1) is 18.4. The molecule has 0 bridgehead atoms. The van der Waals surface area contributed by atoms with Crippen molar-refractivity contribution >= 4 is 21.7 Å². The smallest absolute Gasteiger partial charge is 0.267 e. The van der Waals surface area contributed by atoms with Gasteiger partial charge < -0.3 is 14.7 Å². The molecule has 0 atom stereocenters. The number of carbonyl (C=O) groups is 2. The SMILES string of the molecule is CNC(=O)c1cc(S(=O)(=O)NCCCCCC(C)=O)cn1C. The molecule has 1 aromatic rings. The van der Waals surface area contributed by atoms with Crippen molar-refractivity contribution in [1.82, 2.24) is 14.6 Å². The van der Waals surface area contributed by atoms with Crippen LogP contribution in [0.5, 0.6) is 0 Å². The maximum Gasteiger partial charge on any atom is 0.267 e. The highest BCUT2D eigenvalue weighted by Gasteiger charge is 2.19. The molecule has 7 nitrogen and oxygen atoms in total. The van der Waals surface area contributed by atoms with Crippen molar-refractivity contribution < 1.29 is 18.0 Å². The van der Waals surface area contributed by atoms with E-state index in [0.29, 0.717) is 19.4 Å². The van der Waals surface area contributed by atoms with Gasteiger partial charge in [0.05, 0.1) is 0 Å². The number of carbonyl (C=O) groups excluding carboxylic acids is 2. The first-order valence-electron chi connectivity index (χ1n) is 7.15. The highest BCUT2D eigenvalue weighted by molar-refractivity contribution is 7.89. The van der Waals surface area contributed by atoms with E-state index in [0.717, 1.165) is 12.8 Å². The minimum atomic E-state index is -3.62. The van der Waals surface area contributed by atoms with E-state index in [9.17, 15) is 18.0 Å². The number of nitrogens with zero attached hydrogens (tertiary/aromatic N) is 1. The fourth-order valence-electron chi connectivity index (χ4n) is 2.00. The normalized spacial score (nSPS) is 11.4. The summed E-state index contributed by atoms with van der Waals surface area (Å²) in [5.74, 6) is -0.195. The first-order valence-corrected chi connectivity index (χ1v) is 8.64. The van der Waals surface area contributed by atoms with Gasteiger partial charge in [-0.05, 0) is 25.8 Å². The first-order chi connectivity index (χ1) is 10.3. The zero-order chi connectivity index (χ0) is 16.8. The summed E-state index contributed by atoms with van der Waals surface area (Å²) in [6.45, 7) is 1.85. The van der Waals surface area contributed by atoms with E-state index in [-0.39, 0.29) is 22.3 Å². The maximum absolute atomic E-state index is 12.1. The molecule has 1 heterocycles. The Morgan fingerprint density at radius 2 is 1.91 bits per heavy atom. The van der Waals surface area contributed by atoms with Gasteiger partial charge in [-0.15, -0.1) is 0 Å². The van der Waals surface area contributed by atoms with E-state index < -0.39 is 10.0 Å². The molecule has 0 aliphatic carbocycles. The predicted octanol–water partition coefficient (Wildman–Crippen LogP) is 0.812. The van der Waals surface area contributed by atoms with Crippen LogP contribution >= 0.6 is 0 Å². The van der Waals surface area contributed by atoms with Gasteiger partial charge in [0.25, 0.3) is 5.91 Å². The molecule has 0 aliphatic heterocycles. The summed E-state index contributed by atoms with van der Waals surface area (Å²) in [5, 5.41) is 2.46. The van der Waals surface area contributed by atoms with Crippen molar-refractivity contribution in [3.63, 3.8) is 0 Å². The molecule has 22 heavy (non-hydrogen) atoms. The Hall–Kier alpha value is -1.67. The van der Waals surface area contributed by atoms with Crippen molar-refractivity contribution in [1.29, 1.82) is 0 Å². The Morgan fingerprint density at radius 1 is 1.23 bits per heavy atom. The van der Waals surface area contributed by atoms with E-state index in [1.807, 2.05) is 0 Å². The largest absolute Gasteiger partial charge is 0.354 e. The minimum Gasteiger partial charge on any atom is -0.354 e. The number of rotatable bonds is 9. The second-order valence-corrected chi connectivity index (χ2v) is 6.93. The lowest BCUT2D eigenvalue weighted by molar-refractivity contribution is -0.117. The van der Waals surface area contributed by atoms with Crippen LogP contribution in [0, 0.1) is 0 Å². The Kier molecular flexibility index (Phi) is 6.76. The summed E-state index contributed by atoms with van der Waals surface area (Å²) in [6, 6.07) is 1.34. The highest BCUT2D eigenvalue weighted by Crippen LogP contribution is 2.13. The number of aryl methyl sites for hydroxylation is 1. The molecular formula is C14H23N3O4S. The van der Waals surface area contributed by atoms with Crippen molar-refractivity contribution in [2.24, 2.45) is 7.05 Å². The molecule has 0 saturated heterocycles. The van der Waals surface area contributed by atoms with Crippen LogP contribution in [0.2, 0.25) is 0 Å². The van der Waals surface area contributed by atoms with Crippen LogP contribution in [0.1, 0.15) is 43.1 Å². The second-order valence-electron chi connectivity index (χ2n) is 5.16. The van der Waals surface area contributed by atoms with E-state index in [4.69, 9.17) is 0 Å². The van der Waals surface area contributed by atoms with E-state index in [1.54, 1.807) is 14.0 Å². The van der Waals surface area contributed by atoms with Gasteiger partial charge in [0.1, 0.15) is 16.4 Å². The predicted molar refractivity (Wildman–Crippen MR) is 83.1 cm³/mol. The number of unbranched alkanes of at least 4 members (excludes halogenated alkanes) is 2. The van der Waals surface area contributed by atoms with Crippen LogP contribution in [0.15, 0.2) is 17.2 Å². The zero-order valence-electron chi connectivity index (χ0n) is 13.2. The number of sulfonamides is 1. The van der Waals surface area contributed by atoms with Gasteiger partial charge in [-0.25, -0.2) is 13.1 Å². The third kappa shape index (κ3) is 5.27. The summed E-state index contributed by atoms with van der Waals surface area (Å²) >= 11 is 0. The zero-order valence-corrected chi connectivity index (χ0v) is 14.0. The Morgan fingerprint density at radius 3 is 2.50 bits per heavy atom. The summed E-state index contributed by atoms with van der Waals surface area (Å²) in [7, 11) is -0.520. The third-order valence-corrected chi connectivity index (χ3v) is 4.68. The van der Waals surface area contributed by atoms with E-state index in [2.05, 4.69) is 10.0 Å². The quantitative estimate of drug-likeness (QED) is 0.655. The molecular weight excluding hydrogens is 306 g/mol. The maximum atomic E-state index is 12.1. The van der Waals surface area contributed by atoms with Crippen LogP contribution in [0.3, 0.4) is 0 Å². The summed E-state index contributed by atoms with van der Waals surface area (Å²) in [6.07, 6.45) is 4.16. The van der Waals surface area contributed by atoms with Crippen LogP contribution in [0.4, 0.5) is 0 Å². The number of Topliss-reactive ketones (excluding diaryl/α,β-unsaturated/α-hetero) is 1. The molecule has 8 heteroatoms. The number of hydrogen-bond donors (Lipinski definition) is 2. The molecule has 0 spiro atoms. The second kappa shape index (κ2) is 8.09. The lowest BCUT2D eigenvalue weighted by atomic mass is 10.1. The average Bonchev–Trinajstić information content (AvgIpc) is 2.84. The van der Waals surface area contributed by atoms with Gasteiger partial charge in [0, 0.05) is 33.3 Å². The van der Waals surface area contributed by atoms with Crippen LogP contribution < -0.4 is 10.0 Å². The van der Waals surface area contributed by atoms with Gasteiger partial charge in [-0.2, -0.15) is 0 Å². The Bertz CT molecular complexity index is 635. The van der Waals surface area contributed by atoms with E-state index in [1.165, 1.54) is 23.9 Å². The molecule has 124 valence electrons. The molecule has 0 aliphatic rings. The topological polar surface area (TPSA) is 97.3 Å². The third-order valence-electron chi connectivity index (χ3n) is 3.25. The van der Waals surface area contributed by atoms with Crippen molar-refractivity contribution in [2.45, 2.75) is 37.5 Å². The summed E-state index contributed by atoms with van der Waals surface area (Å²) < 4.78 is 28.3. The fourth-order valence-corrected chi connectivity index (χ4v) is 3.14. The van der Waals surface area contributed by atoms with Gasteiger partial charge in [0.15, 0.2) is 0 Å². The molecule has 0 radical (unpaired) electrons. The molecule has 0 unspecified atom stereocenters.